The third-order valence-electron chi connectivity index (χ3n) is 5.51. The predicted molar refractivity (Wildman–Crippen MR) is 108 cm³/mol. The van der Waals surface area contributed by atoms with E-state index in [4.69, 9.17) is 4.74 Å². The van der Waals surface area contributed by atoms with Gasteiger partial charge in [0.2, 0.25) is 5.91 Å². The number of carbonyl (C=O) groups excluding carboxylic acids is 2. The lowest BCUT2D eigenvalue weighted by molar-refractivity contribution is -0.132. The van der Waals surface area contributed by atoms with E-state index in [1.165, 1.54) is 12.7 Å². The maximum absolute atomic E-state index is 13.1. The summed E-state index contributed by atoms with van der Waals surface area (Å²) in [6, 6.07) is 18.2. The van der Waals surface area contributed by atoms with Crippen molar-refractivity contribution in [1.29, 1.82) is 0 Å². The summed E-state index contributed by atoms with van der Waals surface area (Å²) in [6.45, 7) is 1.02. The van der Waals surface area contributed by atoms with Crippen LogP contribution in [-0.4, -0.2) is 41.0 Å². The first-order chi connectivity index (χ1) is 13.7. The lowest BCUT2D eigenvalue weighted by Crippen LogP contribution is -2.38. The number of rotatable bonds is 5. The number of carbonyl (C=O) groups is 2. The first-order valence-corrected chi connectivity index (χ1v) is 9.67. The Bertz CT molecular complexity index is 994. The molecule has 0 saturated carbocycles. The zero-order valence-electron chi connectivity index (χ0n) is 16.0. The lowest BCUT2D eigenvalue weighted by Gasteiger charge is -2.25. The van der Waals surface area contributed by atoms with Gasteiger partial charge in [0.15, 0.2) is 0 Å². The van der Waals surface area contributed by atoms with Crippen molar-refractivity contribution in [2.75, 3.05) is 13.7 Å². The number of nitrogens with zero attached hydrogens (tertiary/aromatic N) is 2. The number of amides is 1. The molecule has 1 aromatic heterocycles. The Kier molecular flexibility index (Phi) is 5.15. The Balaban J connectivity index is 1.55. The number of benzene rings is 2. The van der Waals surface area contributed by atoms with Crippen molar-refractivity contribution in [3.05, 3.63) is 71.9 Å². The molecule has 5 heteroatoms. The van der Waals surface area contributed by atoms with Crippen LogP contribution in [-0.2, 0) is 22.5 Å². The van der Waals surface area contributed by atoms with Gasteiger partial charge in [-0.15, -0.1) is 0 Å². The van der Waals surface area contributed by atoms with Gasteiger partial charge in [-0.2, -0.15) is 0 Å². The molecule has 1 amide bonds. The van der Waals surface area contributed by atoms with Gasteiger partial charge in [0.1, 0.15) is 6.54 Å². The minimum absolute atomic E-state index is 0.0931. The van der Waals surface area contributed by atoms with Crippen LogP contribution in [0.25, 0.3) is 10.9 Å². The summed E-state index contributed by atoms with van der Waals surface area (Å²) in [7, 11) is 1.37. The van der Waals surface area contributed by atoms with Crippen molar-refractivity contribution >= 4 is 22.8 Å². The molecule has 4 rings (SSSR count). The highest BCUT2D eigenvalue weighted by atomic mass is 16.5. The number of methoxy groups -OCH3 is 1. The third kappa shape index (κ3) is 3.52. The van der Waals surface area contributed by atoms with Crippen LogP contribution in [0.4, 0.5) is 0 Å². The van der Waals surface area contributed by atoms with E-state index in [0.29, 0.717) is 5.56 Å². The van der Waals surface area contributed by atoms with Crippen LogP contribution in [0.15, 0.2) is 60.8 Å². The Hall–Kier alpha value is -3.08. The average Bonchev–Trinajstić information content (AvgIpc) is 3.33. The minimum Gasteiger partial charge on any atom is -0.465 e. The molecule has 0 N–H and O–H groups in total. The number of para-hydroxylation sites is 1. The second kappa shape index (κ2) is 7.89. The third-order valence-corrected chi connectivity index (χ3v) is 5.51. The molecule has 0 unspecified atom stereocenters. The maximum Gasteiger partial charge on any atom is 0.340 e. The molecule has 5 nitrogen and oxygen atoms in total. The highest BCUT2D eigenvalue weighted by molar-refractivity contribution is 6.04. The molecule has 1 atom stereocenters. The Morgan fingerprint density at radius 2 is 1.82 bits per heavy atom. The van der Waals surface area contributed by atoms with E-state index < -0.39 is 0 Å². The summed E-state index contributed by atoms with van der Waals surface area (Å²) < 4.78 is 6.76. The fourth-order valence-corrected chi connectivity index (χ4v) is 4.15. The molecule has 2 aromatic carbocycles. The van der Waals surface area contributed by atoms with Gasteiger partial charge in [-0.05, 0) is 30.9 Å². The topological polar surface area (TPSA) is 51.5 Å². The summed E-state index contributed by atoms with van der Waals surface area (Å²) in [5, 5.41) is 0.810. The monoisotopic (exact) mass is 376 g/mol. The summed E-state index contributed by atoms with van der Waals surface area (Å²) in [4.78, 5) is 27.2. The van der Waals surface area contributed by atoms with Crippen molar-refractivity contribution in [3.63, 3.8) is 0 Å². The van der Waals surface area contributed by atoms with Gasteiger partial charge >= 0.3 is 5.97 Å². The quantitative estimate of drug-likeness (QED) is 0.639. The van der Waals surface area contributed by atoms with E-state index in [1.54, 1.807) is 6.20 Å². The van der Waals surface area contributed by atoms with Crippen LogP contribution in [0.2, 0.25) is 0 Å². The summed E-state index contributed by atoms with van der Waals surface area (Å²) in [5.74, 6) is -0.291. The van der Waals surface area contributed by atoms with Crippen LogP contribution in [0.5, 0.6) is 0 Å². The smallest absolute Gasteiger partial charge is 0.340 e. The van der Waals surface area contributed by atoms with Crippen molar-refractivity contribution < 1.29 is 14.3 Å². The van der Waals surface area contributed by atoms with Crippen LogP contribution in [0, 0.1) is 0 Å². The highest BCUT2D eigenvalue weighted by Crippen LogP contribution is 2.25. The van der Waals surface area contributed by atoms with Crippen molar-refractivity contribution in [2.24, 2.45) is 0 Å². The summed E-state index contributed by atoms with van der Waals surface area (Å²) >= 11 is 0. The van der Waals surface area contributed by atoms with E-state index in [9.17, 15) is 9.59 Å². The molecule has 2 heterocycles. The molecule has 28 heavy (non-hydrogen) atoms. The number of ether oxygens (including phenoxy) is 1. The standard InChI is InChI=1S/C23H24N2O3/c1-28-23(27)20-15-24(21-12-6-5-11-19(20)21)16-22(26)25-13-7-10-18(25)14-17-8-3-2-4-9-17/h2-6,8-9,11-12,15,18H,7,10,13-14,16H2,1H3/t18-/m1/s1. The van der Waals surface area contributed by atoms with Gasteiger partial charge in [0.05, 0.1) is 12.7 Å². The number of fused-ring (bicyclic) bond motifs is 1. The molecule has 1 aliphatic rings. The lowest BCUT2D eigenvalue weighted by atomic mass is 10.0. The predicted octanol–water partition coefficient (Wildman–Crippen LogP) is 3.66. The van der Waals surface area contributed by atoms with Gasteiger partial charge in [0.25, 0.3) is 0 Å². The van der Waals surface area contributed by atoms with E-state index >= 15 is 0 Å². The fourth-order valence-electron chi connectivity index (χ4n) is 4.15. The van der Waals surface area contributed by atoms with Crippen molar-refractivity contribution in [2.45, 2.75) is 31.8 Å². The molecular formula is C23H24N2O3. The first kappa shape index (κ1) is 18.3. The molecule has 1 fully saturated rings. The molecule has 0 spiro atoms. The Morgan fingerprint density at radius 3 is 2.61 bits per heavy atom. The second-order valence-corrected chi connectivity index (χ2v) is 7.25. The van der Waals surface area contributed by atoms with Crippen LogP contribution >= 0.6 is 0 Å². The Labute approximate surface area is 164 Å². The molecular weight excluding hydrogens is 352 g/mol. The summed E-state index contributed by atoms with van der Waals surface area (Å²) in [6.07, 6.45) is 4.67. The van der Waals surface area contributed by atoms with Crippen LogP contribution in [0.3, 0.4) is 0 Å². The molecule has 0 aliphatic carbocycles. The highest BCUT2D eigenvalue weighted by Gasteiger charge is 2.29. The molecule has 0 bridgehead atoms. The van der Waals surface area contributed by atoms with E-state index in [-0.39, 0.29) is 24.5 Å². The number of hydrogen-bond donors (Lipinski definition) is 0. The number of hydrogen-bond acceptors (Lipinski definition) is 3. The van der Waals surface area contributed by atoms with Crippen LogP contribution < -0.4 is 0 Å². The molecule has 0 radical (unpaired) electrons. The van der Waals surface area contributed by atoms with E-state index in [2.05, 4.69) is 12.1 Å². The van der Waals surface area contributed by atoms with Gasteiger partial charge in [-0.3, -0.25) is 4.79 Å². The van der Waals surface area contributed by atoms with Gasteiger partial charge < -0.3 is 14.2 Å². The zero-order chi connectivity index (χ0) is 19.5. The first-order valence-electron chi connectivity index (χ1n) is 9.67. The van der Waals surface area contributed by atoms with E-state index in [1.807, 2.05) is 51.9 Å². The van der Waals surface area contributed by atoms with Gasteiger partial charge in [-0.1, -0.05) is 48.5 Å². The Morgan fingerprint density at radius 1 is 1.07 bits per heavy atom. The second-order valence-electron chi connectivity index (χ2n) is 7.25. The molecule has 3 aromatic rings. The average molecular weight is 376 g/mol. The van der Waals surface area contributed by atoms with Crippen LogP contribution in [0.1, 0.15) is 28.8 Å². The normalized spacial score (nSPS) is 16.5. The molecule has 1 aliphatic heterocycles. The van der Waals surface area contributed by atoms with E-state index in [0.717, 1.165) is 36.7 Å². The van der Waals surface area contributed by atoms with Crippen molar-refractivity contribution in [3.8, 4) is 0 Å². The van der Waals surface area contributed by atoms with Crippen molar-refractivity contribution in [1.82, 2.24) is 9.47 Å². The number of esters is 1. The van der Waals surface area contributed by atoms with Gasteiger partial charge in [0, 0.05) is 29.7 Å². The number of aromatic nitrogens is 1. The SMILES string of the molecule is COC(=O)c1cn(CC(=O)N2CCC[C@@H]2Cc2ccccc2)c2ccccc12. The summed E-state index contributed by atoms with van der Waals surface area (Å²) in [5.41, 5.74) is 2.62. The van der Waals surface area contributed by atoms with Gasteiger partial charge in [-0.25, -0.2) is 4.79 Å². The minimum atomic E-state index is -0.384. The number of likely N-dealkylation sites (tertiary alicyclic amines) is 1. The zero-order valence-corrected chi connectivity index (χ0v) is 16.0. The maximum atomic E-state index is 13.1. The molecule has 144 valence electrons. The largest absolute Gasteiger partial charge is 0.465 e. The molecule has 1 saturated heterocycles. The fraction of sp³-hybridized carbons (Fsp3) is 0.304.